The first-order valence-corrected chi connectivity index (χ1v) is 8.36. The first-order valence-electron chi connectivity index (χ1n) is 7.57. The number of likely N-dealkylation sites (tertiary alicyclic amines) is 1. The molecule has 2 aliphatic heterocycles. The van der Waals surface area contributed by atoms with E-state index in [1.54, 1.807) is 0 Å². The quantitative estimate of drug-likeness (QED) is 0.894. The van der Waals surface area contributed by atoms with Crippen LogP contribution in [0.5, 0.6) is 5.75 Å². The number of halogens is 1. The monoisotopic (exact) mass is 339 g/mol. The predicted molar refractivity (Wildman–Crippen MR) is 83.1 cm³/mol. The molecule has 4 heteroatoms. The lowest BCUT2D eigenvalue weighted by Gasteiger charge is -2.25. The molecule has 1 N–H and O–H groups in total. The van der Waals surface area contributed by atoms with Crippen LogP contribution < -0.4 is 4.74 Å². The van der Waals surface area contributed by atoms with E-state index in [1.807, 2.05) is 0 Å². The summed E-state index contributed by atoms with van der Waals surface area (Å²) < 4.78 is 6.98. The molecule has 1 aromatic carbocycles. The van der Waals surface area contributed by atoms with Crippen molar-refractivity contribution in [3.63, 3.8) is 0 Å². The number of benzene rings is 1. The third-order valence-corrected chi connectivity index (χ3v) is 4.85. The molecule has 3 nitrogen and oxygen atoms in total. The highest BCUT2D eigenvalue weighted by Crippen LogP contribution is 2.35. The van der Waals surface area contributed by atoms with Crippen LogP contribution in [0, 0.1) is 0 Å². The summed E-state index contributed by atoms with van der Waals surface area (Å²) in [6, 6.07) is 5.00. The van der Waals surface area contributed by atoms with Gasteiger partial charge in [-0.2, -0.15) is 0 Å². The Bertz CT molecular complexity index is 478. The summed E-state index contributed by atoms with van der Waals surface area (Å²) in [5, 5.41) is 9.02. The number of aliphatic hydroxyl groups excluding tert-OH is 1. The maximum Gasteiger partial charge on any atom is 0.127 e. The molecule has 0 aromatic heterocycles. The molecule has 0 spiro atoms. The second kappa shape index (κ2) is 6.46. The molecule has 0 aliphatic carbocycles. The summed E-state index contributed by atoms with van der Waals surface area (Å²) in [6.45, 7) is 3.25. The minimum absolute atomic E-state index is 0.305. The van der Waals surface area contributed by atoms with Gasteiger partial charge >= 0.3 is 0 Å². The van der Waals surface area contributed by atoms with E-state index in [-0.39, 0.29) is 0 Å². The maximum absolute atomic E-state index is 9.02. The Morgan fingerprint density at radius 1 is 1.40 bits per heavy atom. The van der Waals surface area contributed by atoms with Gasteiger partial charge in [-0.3, -0.25) is 4.90 Å². The van der Waals surface area contributed by atoms with Crippen molar-refractivity contribution in [1.82, 2.24) is 4.90 Å². The second-order valence-corrected chi connectivity index (χ2v) is 6.70. The molecule has 0 bridgehead atoms. The number of hydrogen-bond donors (Lipinski definition) is 1. The molecule has 0 radical (unpaired) electrons. The average molecular weight is 340 g/mol. The molecule has 2 aliphatic rings. The van der Waals surface area contributed by atoms with E-state index in [1.165, 1.54) is 24.0 Å². The van der Waals surface area contributed by atoms with Gasteiger partial charge in [0.1, 0.15) is 5.75 Å². The molecule has 3 rings (SSSR count). The molecule has 1 saturated heterocycles. The van der Waals surface area contributed by atoms with Crippen molar-refractivity contribution in [2.75, 3.05) is 19.8 Å². The molecule has 2 heterocycles. The van der Waals surface area contributed by atoms with E-state index < -0.39 is 0 Å². The topological polar surface area (TPSA) is 32.7 Å². The van der Waals surface area contributed by atoms with Gasteiger partial charge in [-0.1, -0.05) is 15.9 Å². The molecule has 20 heavy (non-hydrogen) atoms. The van der Waals surface area contributed by atoms with Crippen molar-refractivity contribution >= 4 is 15.9 Å². The minimum Gasteiger partial charge on any atom is -0.493 e. The molecule has 1 aromatic rings. The fourth-order valence-electron chi connectivity index (χ4n) is 3.44. The number of ether oxygens (including phenoxy) is 1. The standard InChI is InChI=1S/C16H22BrNO2/c17-14-9-12-5-8-20-16(12)13(10-14)11-18-6-1-3-15(18)4-2-7-19/h9-10,15,19H,1-8,11H2. The summed E-state index contributed by atoms with van der Waals surface area (Å²) in [5.41, 5.74) is 2.64. The summed E-state index contributed by atoms with van der Waals surface area (Å²) in [7, 11) is 0. The van der Waals surface area contributed by atoms with Crippen LogP contribution in [0.4, 0.5) is 0 Å². The van der Waals surface area contributed by atoms with Gasteiger partial charge in [-0.05, 0) is 49.9 Å². The zero-order valence-corrected chi connectivity index (χ0v) is 13.4. The number of nitrogens with zero attached hydrogens (tertiary/aromatic N) is 1. The summed E-state index contributed by atoms with van der Waals surface area (Å²) in [6.07, 6.45) is 5.57. The summed E-state index contributed by atoms with van der Waals surface area (Å²) in [5.74, 6) is 1.11. The largest absolute Gasteiger partial charge is 0.493 e. The predicted octanol–water partition coefficient (Wildman–Crippen LogP) is 3.12. The number of rotatable bonds is 5. The molecular weight excluding hydrogens is 318 g/mol. The number of aliphatic hydroxyl groups is 1. The fraction of sp³-hybridized carbons (Fsp3) is 0.625. The van der Waals surface area contributed by atoms with Gasteiger partial charge in [0.15, 0.2) is 0 Å². The molecule has 0 saturated carbocycles. The van der Waals surface area contributed by atoms with Crippen molar-refractivity contribution in [3.8, 4) is 5.75 Å². The highest BCUT2D eigenvalue weighted by Gasteiger charge is 2.26. The third kappa shape index (κ3) is 3.02. The Morgan fingerprint density at radius 3 is 3.15 bits per heavy atom. The summed E-state index contributed by atoms with van der Waals surface area (Å²) in [4.78, 5) is 2.55. The average Bonchev–Trinajstić information content (AvgIpc) is 3.05. The summed E-state index contributed by atoms with van der Waals surface area (Å²) >= 11 is 3.62. The lowest BCUT2D eigenvalue weighted by molar-refractivity contribution is 0.208. The van der Waals surface area contributed by atoms with Crippen molar-refractivity contribution < 1.29 is 9.84 Å². The SMILES string of the molecule is OCCCC1CCCN1Cc1cc(Br)cc2c1OCC2. The van der Waals surface area contributed by atoms with Crippen LogP contribution in [0.2, 0.25) is 0 Å². The van der Waals surface area contributed by atoms with Gasteiger partial charge in [0.05, 0.1) is 6.61 Å². The lowest BCUT2D eigenvalue weighted by Crippen LogP contribution is -2.29. The molecular formula is C16H22BrNO2. The van der Waals surface area contributed by atoms with Crippen molar-refractivity contribution in [2.24, 2.45) is 0 Å². The Morgan fingerprint density at radius 2 is 2.30 bits per heavy atom. The molecule has 110 valence electrons. The fourth-order valence-corrected chi connectivity index (χ4v) is 3.99. The number of hydrogen-bond acceptors (Lipinski definition) is 3. The molecule has 1 unspecified atom stereocenters. The van der Waals surface area contributed by atoms with E-state index in [9.17, 15) is 0 Å². The van der Waals surface area contributed by atoms with Crippen LogP contribution in [0.1, 0.15) is 36.8 Å². The van der Waals surface area contributed by atoms with E-state index in [4.69, 9.17) is 9.84 Å². The van der Waals surface area contributed by atoms with Gasteiger partial charge in [0, 0.05) is 35.7 Å². The second-order valence-electron chi connectivity index (χ2n) is 5.78. The molecule has 1 atom stereocenters. The highest BCUT2D eigenvalue weighted by atomic mass is 79.9. The van der Waals surface area contributed by atoms with Gasteiger partial charge in [0.25, 0.3) is 0 Å². The maximum atomic E-state index is 9.02. The van der Waals surface area contributed by atoms with Crippen LogP contribution in [0.3, 0.4) is 0 Å². The van der Waals surface area contributed by atoms with Crippen LogP contribution in [0.15, 0.2) is 16.6 Å². The van der Waals surface area contributed by atoms with E-state index in [0.29, 0.717) is 12.6 Å². The number of fused-ring (bicyclic) bond motifs is 1. The Kier molecular flexibility index (Phi) is 4.64. The van der Waals surface area contributed by atoms with Crippen LogP contribution in [-0.4, -0.2) is 35.8 Å². The molecule has 1 fully saturated rings. The van der Waals surface area contributed by atoms with Gasteiger partial charge in [-0.15, -0.1) is 0 Å². The van der Waals surface area contributed by atoms with Gasteiger partial charge < -0.3 is 9.84 Å². The van der Waals surface area contributed by atoms with E-state index >= 15 is 0 Å². The smallest absolute Gasteiger partial charge is 0.127 e. The minimum atomic E-state index is 0.305. The lowest BCUT2D eigenvalue weighted by atomic mass is 10.1. The van der Waals surface area contributed by atoms with Crippen LogP contribution in [-0.2, 0) is 13.0 Å². The van der Waals surface area contributed by atoms with E-state index in [0.717, 1.165) is 49.2 Å². The first kappa shape index (κ1) is 14.4. The van der Waals surface area contributed by atoms with Crippen LogP contribution >= 0.6 is 15.9 Å². The zero-order valence-electron chi connectivity index (χ0n) is 11.8. The third-order valence-electron chi connectivity index (χ3n) is 4.39. The Labute approximate surface area is 129 Å². The van der Waals surface area contributed by atoms with Crippen molar-refractivity contribution in [3.05, 3.63) is 27.7 Å². The Balaban J connectivity index is 1.74. The zero-order chi connectivity index (χ0) is 13.9. The van der Waals surface area contributed by atoms with Crippen molar-refractivity contribution in [2.45, 2.75) is 44.7 Å². The van der Waals surface area contributed by atoms with Crippen molar-refractivity contribution in [1.29, 1.82) is 0 Å². The Hall–Kier alpha value is -0.580. The van der Waals surface area contributed by atoms with Gasteiger partial charge in [0.2, 0.25) is 0 Å². The van der Waals surface area contributed by atoms with Gasteiger partial charge in [-0.25, -0.2) is 0 Å². The molecule has 0 amide bonds. The van der Waals surface area contributed by atoms with Crippen LogP contribution in [0.25, 0.3) is 0 Å². The first-order chi connectivity index (χ1) is 9.78. The highest BCUT2D eigenvalue weighted by molar-refractivity contribution is 9.10. The van der Waals surface area contributed by atoms with E-state index in [2.05, 4.69) is 33.0 Å². The normalized spacial score (nSPS) is 22.0.